The van der Waals surface area contributed by atoms with Gasteiger partial charge in [-0.3, -0.25) is 9.88 Å². The van der Waals surface area contributed by atoms with Gasteiger partial charge in [0.25, 0.3) is 0 Å². The molecule has 1 N–H and O–H groups in total. The first kappa shape index (κ1) is 16.0. The Morgan fingerprint density at radius 1 is 1.38 bits per heavy atom. The minimum absolute atomic E-state index is 0.605. The van der Waals surface area contributed by atoms with Crippen LogP contribution in [0.25, 0.3) is 0 Å². The van der Waals surface area contributed by atoms with Crippen LogP contribution in [0.5, 0.6) is 11.5 Å². The van der Waals surface area contributed by atoms with Gasteiger partial charge in [0.15, 0.2) is 11.5 Å². The van der Waals surface area contributed by atoms with Crippen LogP contribution < -0.4 is 14.8 Å². The van der Waals surface area contributed by atoms with E-state index in [0.717, 1.165) is 49.8 Å². The molecule has 1 aliphatic heterocycles. The van der Waals surface area contributed by atoms with Gasteiger partial charge in [0.1, 0.15) is 5.69 Å². The van der Waals surface area contributed by atoms with Gasteiger partial charge in [-0.15, -0.1) is 0 Å². The summed E-state index contributed by atoms with van der Waals surface area (Å²) in [5.74, 6) is 1.50. The van der Waals surface area contributed by atoms with E-state index in [2.05, 4.69) is 22.1 Å². The van der Waals surface area contributed by atoms with Crippen LogP contribution in [0.2, 0.25) is 0 Å². The van der Waals surface area contributed by atoms with Crippen molar-refractivity contribution in [1.29, 1.82) is 0 Å². The molecule has 1 aliphatic rings. The largest absolute Gasteiger partial charge is 0.493 e. The zero-order valence-corrected chi connectivity index (χ0v) is 13.4. The van der Waals surface area contributed by atoms with Crippen molar-refractivity contribution >= 4 is 0 Å². The first-order chi connectivity index (χ1) is 10.3. The molecule has 1 aromatic heterocycles. The number of hydrogen-bond acceptors (Lipinski definition) is 5. The van der Waals surface area contributed by atoms with E-state index >= 15 is 0 Å². The van der Waals surface area contributed by atoms with E-state index < -0.39 is 0 Å². The van der Waals surface area contributed by atoms with Crippen LogP contribution in [0.1, 0.15) is 31.9 Å². The fourth-order valence-corrected chi connectivity index (χ4v) is 2.95. The highest BCUT2D eigenvalue weighted by Crippen LogP contribution is 2.29. The number of aromatic nitrogens is 1. The molecule has 1 atom stereocenters. The molecule has 2 rings (SSSR count). The highest BCUT2D eigenvalue weighted by atomic mass is 16.5. The molecule has 21 heavy (non-hydrogen) atoms. The van der Waals surface area contributed by atoms with Gasteiger partial charge in [0, 0.05) is 31.4 Å². The van der Waals surface area contributed by atoms with Crippen LogP contribution in [-0.2, 0) is 6.54 Å². The maximum atomic E-state index is 5.49. The molecule has 2 heterocycles. The summed E-state index contributed by atoms with van der Waals surface area (Å²) in [5.41, 5.74) is 0.947. The summed E-state index contributed by atoms with van der Waals surface area (Å²) in [6.45, 7) is 6.29. The average molecular weight is 293 g/mol. The van der Waals surface area contributed by atoms with Crippen molar-refractivity contribution in [3.8, 4) is 11.5 Å². The van der Waals surface area contributed by atoms with E-state index in [1.165, 1.54) is 12.8 Å². The topological polar surface area (TPSA) is 46.6 Å². The second-order valence-corrected chi connectivity index (χ2v) is 5.52. The highest BCUT2D eigenvalue weighted by molar-refractivity contribution is 5.42. The van der Waals surface area contributed by atoms with Crippen molar-refractivity contribution in [3.05, 3.63) is 18.0 Å². The lowest BCUT2D eigenvalue weighted by Gasteiger charge is -2.25. The summed E-state index contributed by atoms with van der Waals surface area (Å²) in [6, 6.07) is 2.44. The van der Waals surface area contributed by atoms with Crippen molar-refractivity contribution in [2.75, 3.05) is 33.9 Å². The van der Waals surface area contributed by atoms with Crippen molar-refractivity contribution in [2.45, 2.75) is 38.8 Å². The third-order valence-corrected chi connectivity index (χ3v) is 3.92. The van der Waals surface area contributed by atoms with Gasteiger partial charge in [-0.05, 0) is 32.4 Å². The predicted molar refractivity (Wildman–Crippen MR) is 83.9 cm³/mol. The first-order valence-electron chi connectivity index (χ1n) is 7.80. The maximum Gasteiger partial charge on any atom is 0.183 e. The lowest BCUT2D eigenvalue weighted by molar-refractivity contribution is 0.234. The fourth-order valence-electron chi connectivity index (χ4n) is 2.95. The zero-order chi connectivity index (χ0) is 15.1. The van der Waals surface area contributed by atoms with E-state index in [1.54, 1.807) is 20.4 Å². The van der Waals surface area contributed by atoms with Crippen molar-refractivity contribution in [1.82, 2.24) is 15.2 Å². The molecule has 1 unspecified atom stereocenters. The van der Waals surface area contributed by atoms with Gasteiger partial charge in [-0.1, -0.05) is 6.92 Å². The molecule has 5 heteroatoms. The van der Waals surface area contributed by atoms with E-state index in [4.69, 9.17) is 9.47 Å². The Morgan fingerprint density at radius 3 is 2.86 bits per heavy atom. The minimum Gasteiger partial charge on any atom is -0.493 e. The Morgan fingerprint density at radius 2 is 2.24 bits per heavy atom. The third-order valence-electron chi connectivity index (χ3n) is 3.92. The summed E-state index contributed by atoms with van der Waals surface area (Å²) >= 11 is 0. The highest BCUT2D eigenvalue weighted by Gasteiger charge is 2.20. The Hall–Kier alpha value is -1.33. The zero-order valence-electron chi connectivity index (χ0n) is 13.4. The number of nitrogens with one attached hydrogen (secondary N) is 1. The average Bonchev–Trinajstić information content (AvgIpc) is 3.00. The van der Waals surface area contributed by atoms with E-state index in [1.807, 2.05) is 6.07 Å². The Kier molecular flexibility index (Phi) is 6.26. The summed E-state index contributed by atoms with van der Waals surface area (Å²) in [7, 11) is 3.33. The number of pyridine rings is 1. The van der Waals surface area contributed by atoms with E-state index in [-0.39, 0.29) is 0 Å². The molecule has 1 aromatic rings. The standard InChI is InChI=1S/C16H27N3O2/c1-4-10-19(11-13-6-5-8-17-13)12-14-16(21-3)15(20-2)7-9-18-14/h7,9,13,17H,4-6,8,10-12H2,1-3H3. The quantitative estimate of drug-likeness (QED) is 0.795. The van der Waals surface area contributed by atoms with Crippen molar-refractivity contribution in [2.24, 2.45) is 0 Å². The molecule has 0 spiro atoms. The number of methoxy groups -OCH3 is 2. The normalized spacial score (nSPS) is 18.2. The molecule has 0 bridgehead atoms. The molecule has 0 aromatic carbocycles. The Bertz CT molecular complexity index is 434. The molecule has 0 aliphatic carbocycles. The molecular weight excluding hydrogens is 266 g/mol. The predicted octanol–water partition coefficient (Wildman–Crippen LogP) is 2.06. The number of rotatable bonds is 8. The van der Waals surface area contributed by atoms with Crippen molar-refractivity contribution < 1.29 is 9.47 Å². The molecule has 0 amide bonds. The molecule has 1 fully saturated rings. The van der Waals surface area contributed by atoms with Gasteiger partial charge in [-0.25, -0.2) is 0 Å². The monoisotopic (exact) mass is 293 g/mol. The first-order valence-corrected chi connectivity index (χ1v) is 7.80. The minimum atomic E-state index is 0.605. The molecule has 0 saturated carbocycles. The third kappa shape index (κ3) is 4.32. The van der Waals surface area contributed by atoms with Gasteiger partial charge >= 0.3 is 0 Å². The number of nitrogens with zero attached hydrogens (tertiary/aromatic N) is 2. The second-order valence-electron chi connectivity index (χ2n) is 5.52. The fraction of sp³-hybridized carbons (Fsp3) is 0.688. The summed E-state index contributed by atoms with van der Waals surface area (Å²) in [4.78, 5) is 6.94. The number of hydrogen-bond donors (Lipinski definition) is 1. The van der Waals surface area contributed by atoms with Crippen LogP contribution in [0, 0.1) is 0 Å². The van der Waals surface area contributed by atoms with Crippen LogP contribution in [0.3, 0.4) is 0 Å². The molecule has 5 nitrogen and oxygen atoms in total. The summed E-state index contributed by atoms with van der Waals surface area (Å²) in [6.07, 6.45) is 5.47. The Labute approximate surface area is 127 Å². The second kappa shape index (κ2) is 8.20. The molecule has 1 saturated heterocycles. The van der Waals surface area contributed by atoms with Crippen LogP contribution >= 0.6 is 0 Å². The van der Waals surface area contributed by atoms with Gasteiger partial charge < -0.3 is 14.8 Å². The molecule has 0 radical (unpaired) electrons. The number of ether oxygens (including phenoxy) is 2. The summed E-state index contributed by atoms with van der Waals surface area (Å²) < 4.78 is 10.8. The van der Waals surface area contributed by atoms with Gasteiger partial charge in [-0.2, -0.15) is 0 Å². The smallest absolute Gasteiger partial charge is 0.183 e. The van der Waals surface area contributed by atoms with Crippen LogP contribution in [0.4, 0.5) is 0 Å². The SMILES string of the molecule is CCCN(Cc1nccc(OC)c1OC)CC1CCCN1. The summed E-state index contributed by atoms with van der Waals surface area (Å²) in [5, 5.41) is 3.56. The lowest BCUT2D eigenvalue weighted by atomic mass is 10.2. The maximum absolute atomic E-state index is 5.49. The van der Waals surface area contributed by atoms with E-state index in [9.17, 15) is 0 Å². The van der Waals surface area contributed by atoms with Crippen LogP contribution in [0.15, 0.2) is 12.3 Å². The Balaban J connectivity index is 2.08. The van der Waals surface area contributed by atoms with Crippen LogP contribution in [-0.4, -0.2) is 49.8 Å². The van der Waals surface area contributed by atoms with E-state index in [0.29, 0.717) is 6.04 Å². The molecule has 118 valence electrons. The van der Waals surface area contributed by atoms with Gasteiger partial charge in [0.05, 0.1) is 14.2 Å². The molecular formula is C16H27N3O2. The van der Waals surface area contributed by atoms with Crippen molar-refractivity contribution in [3.63, 3.8) is 0 Å². The van der Waals surface area contributed by atoms with Gasteiger partial charge in [0.2, 0.25) is 0 Å². The lowest BCUT2D eigenvalue weighted by Crippen LogP contribution is -2.37.